The van der Waals surface area contributed by atoms with Crippen LogP contribution in [0, 0.1) is 45.1 Å². The fraction of sp³-hybridized carbons (Fsp3) is 0.718. The summed E-state index contributed by atoms with van der Waals surface area (Å²) in [4.78, 5) is 9.21. The van der Waals surface area contributed by atoms with E-state index in [1.165, 1.54) is 73.3 Å². The molecule has 0 aliphatic carbocycles. The zero-order chi connectivity index (χ0) is 73.0. The van der Waals surface area contributed by atoms with Crippen molar-refractivity contribution in [3.8, 4) is 0 Å². The number of unbranched alkanes of at least 4 members (excludes halogenated alkanes) is 1. The topological polar surface area (TPSA) is 150 Å². The summed E-state index contributed by atoms with van der Waals surface area (Å²) in [5.41, 5.74) is 22.5. The molecule has 0 amide bonds. The maximum absolute atomic E-state index is 5.54. The monoisotopic (exact) mass is 1500 g/mol. The number of ether oxygens (including phenoxy) is 4. The summed E-state index contributed by atoms with van der Waals surface area (Å²) >= 11 is 53.5. The summed E-state index contributed by atoms with van der Waals surface area (Å²) in [6.07, 6.45) is 4.94. The Morgan fingerprint density at radius 3 is 0.884 bits per heavy atom. The first-order chi connectivity index (χ1) is 44.1. The Labute approximate surface area is 626 Å². The molecule has 0 atom stereocenters. The molecule has 0 aliphatic heterocycles. The van der Waals surface area contributed by atoms with Gasteiger partial charge in [-0.25, -0.2) is 0 Å². The third kappa shape index (κ3) is 28.9. The molecule has 14 nitrogen and oxygen atoms in total. The number of likely N-dealkylation sites (N-methyl/N-ethyl adjacent to an activating group) is 4. The van der Waals surface area contributed by atoms with Crippen LogP contribution in [0.1, 0.15) is 171 Å². The second kappa shape index (κ2) is 43.9. The van der Waals surface area contributed by atoms with Crippen LogP contribution in [-0.2, 0) is 46.0 Å². The maximum Gasteiger partial charge on any atom is 0.0798 e. The van der Waals surface area contributed by atoms with Gasteiger partial charge in [0, 0.05) is 108 Å². The van der Waals surface area contributed by atoms with Gasteiger partial charge in [0.1, 0.15) is 0 Å². The number of hydrogen-bond acceptors (Lipinski definition) is 24. The van der Waals surface area contributed by atoms with Crippen LogP contribution >= 0.6 is 122 Å². The first-order valence-electron chi connectivity index (χ1n) is 33.7. The summed E-state index contributed by atoms with van der Waals surface area (Å²) in [5, 5.41) is 12.7. The highest BCUT2D eigenvalue weighted by Crippen LogP contribution is 2.42. The van der Waals surface area contributed by atoms with Crippen molar-refractivity contribution < 1.29 is 18.9 Å². The quantitative estimate of drug-likeness (QED) is 0.0167. The van der Waals surface area contributed by atoms with Gasteiger partial charge in [0.2, 0.25) is 0 Å². The van der Waals surface area contributed by atoms with E-state index in [0.29, 0.717) is 52.7 Å². The van der Waals surface area contributed by atoms with Crippen molar-refractivity contribution in [3.63, 3.8) is 0 Å². The largest absolute Gasteiger partial charge is 0.381 e. The first-order valence-corrected chi connectivity index (χ1v) is 37.7. The fourth-order valence-electron chi connectivity index (χ4n) is 10.7. The molecular weight excluding hydrogens is 1380 g/mol. The number of nitrogens with one attached hydrogen (secondary N) is 4. The van der Waals surface area contributed by atoms with E-state index in [1.807, 2.05) is 21.1 Å². The molecule has 0 bridgehead atoms. The zero-order valence-electron chi connectivity index (χ0n) is 62.1. The van der Waals surface area contributed by atoms with Crippen molar-refractivity contribution in [1.82, 2.24) is 15.5 Å². The molecule has 0 saturated carbocycles. The molecule has 0 saturated heterocycles. The Morgan fingerprint density at radius 1 is 0.326 bits per heavy atom. The summed E-state index contributed by atoms with van der Waals surface area (Å²) in [7, 11) is 10.1. The van der Waals surface area contributed by atoms with Gasteiger partial charge < -0.3 is 71.3 Å². The number of hydrogen-bond donors (Lipinski definition) is 6. The van der Waals surface area contributed by atoms with E-state index >= 15 is 0 Å². The van der Waals surface area contributed by atoms with Gasteiger partial charge in [-0.15, -0.1) is 0 Å². The third-order valence-corrected chi connectivity index (χ3v) is 20.1. The van der Waals surface area contributed by atoms with Gasteiger partial charge in [0.05, 0.1) is 126 Å². The van der Waals surface area contributed by atoms with Gasteiger partial charge in [-0.2, -0.15) is 0 Å². The van der Waals surface area contributed by atoms with Crippen LogP contribution in [0.2, 0.25) is 0 Å². The molecule has 5 rings (SSSR count). The first kappa shape index (κ1) is 91.3. The number of nitrogens with two attached hydrogens (primary N) is 2. The lowest BCUT2D eigenvalue weighted by atomic mass is 9.83. The molecule has 5 aromatic carbocycles. The van der Waals surface area contributed by atoms with Crippen LogP contribution in [0.15, 0.2) is 0 Å². The average Bonchev–Trinajstić information content (AvgIpc) is 0.785. The van der Waals surface area contributed by atoms with Crippen molar-refractivity contribution in [2.45, 2.75) is 170 Å². The molecular formula is C71H122N10O4S10. The Morgan fingerprint density at radius 2 is 0.589 bits per heavy atom. The summed E-state index contributed by atoms with van der Waals surface area (Å²) in [6, 6.07) is 0. The van der Waals surface area contributed by atoms with Crippen LogP contribution < -0.4 is 47.4 Å². The summed E-state index contributed by atoms with van der Waals surface area (Å²) in [5.74, 6) is 0. The molecule has 95 heavy (non-hydrogen) atoms. The van der Waals surface area contributed by atoms with E-state index in [9.17, 15) is 0 Å². The van der Waals surface area contributed by atoms with Gasteiger partial charge in [-0.1, -0.05) is 240 Å². The molecule has 0 fully saturated rings. The Kier molecular flexibility index (Phi) is 42.2. The minimum Gasteiger partial charge on any atom is -0.381 e. The highest BCUT2D eigenvalue weighted by Gasteiger charge is 2.31. The third-order valence-electron chi connectivity index (χ3n) is 15.4. The smallest absolute Gasteiger partial charge is 0.0798 e. The number of anilines is 5. The molecule has 8 N–H and O–H groups in total. The molecule has 0 unspecified atom stereocenters. The van der Waals surface area contributed by atoms with Gasteiger partial charge in [-0.05, 0) is 86.5 Å². The summed E-state index contributed by atoms with van der Waals surface area (Å²) in [6.45, 7) is 53.1. The second-order valence-electron chi connectivity index (χ2n) is 29.1. The SMILES string of the molecule is CC(C)(C)c1c(NCCOCCN)c(=S)c1=S.CCCN(CCC)CCCCN(C)c1c(C(C)(C)C)c(=S)c1=S.CN(CCOCCN)c1c(C(C)(C)C)c(=S)c1=S.CNCCOCCN(C)c1c(C(C)(C)C)c(=S)c1=S.CNCCOCCNc1c(C(C)(C)C)c(=S)c1=S. The Balaban J connectivity index is 0.000000596. The number of nitrogens with zero attached hydrogens (tertiary/aromatic N) is 4. The van der Waals surface area contributed by atoms with E-state index in [1.54, 1.807) is 0 Å². The highest BCUT2D eigenvalue weighted by molar-refractivity contribution is 7.75. The van der Waals surface area contributed by atoms with E-state index < -0.39 is 0 Å². The average molecular weight is 1500 g/mol. The highest BCUT2D eigenvalue weighted by atomic mass is 32.1. The molecule has 0 spiro atoms. The minimum absolute atomic E-state index is 0.0415. The van der Waals surface area contributed by atoms with E-state index in [2.05, 4.69) is 173 Å². The second-order valence-corrected chi connectivity index (χ2v) is 33.2. The minimum atomic E-state index is 0.0415. The molecule has 0 heterocycles. The van der Waals surface area contributed by atoms with Gasteiger partial charge in [-0.3, -0.25) is 0 Å². The Hall–Kier alpha value is -1.76. The molecule has 24 heteroatoms. The van der Waals surface area contributed by atoms with Crippen molar-refractivity contribution in [2.24, 2.45) is 11.5 Å². The zero-order valence-corrected chi connectivity index (χ0v) is 70.3. The lowest BCUT2D eigenvalue weighted by Gasteiger charge is -2.32. The van der Waals surface area contributed by atoms with Crippen LogP contribution in [-0.4, -0.2) is 172 Å². The molecule has 0 radical (unpaired) electrons. The van der Waals surface area contributed by atoms with Crippen LogP contribution in [0.4, 0.5) is 28.4 Å². The van der Waals surface area contributed by atoms with Crippen molar-refractivity contribution >= 4 is 151 Å². The molecule has 5 aromatic rings. The van der Waals surface area contributed by atoms with Crippen molar-refractivity contribution in [3.05, 3.63) is 72.9 Å². The lowest BCUT2D eigenvalue weighted by Crippen LogP contribution is -2.29. The van der Waals surface area contributed by atoms with Crippen molar-refractivity contribution in [1.29, 1.82) is 0 Å². The molecule has 0 aromatic heterocycles. The van der Waals surface area contributed by atoms with Gasteiger partial charge in [0.25, 0.3) is 0 Å². The fourth-order valence-corrected chi connectivity index (χ4v) is 14.8. The van der Waals surface area contributed by atoms with Crippen LogP contribution in [0.25, 0.3) is 0 Å². The Bertz CT molecular complexity index is 3450. The molecule has 540 valence electrons. The predicted molar refractivity (Wildman–Crippen MR) is 438 cm³/mol. The van der Waals surface area contributed by atoms with Crippen LogP contribution in [0.3, 0.4) is 0 Å². The van der Waals surface area contributed by atoms with Gasteiger partial charge >= 0.3 is 0 Å². The van der Waals surface area contributed by atoms with E-state index in [4.69, 9.17) is 153 Å². The molecule has 0 aliphatic rings. The standard InChI is InChI=1S/C19H34N2S2.C14H24N2OS2.2C13H22N2OS2.C12H20N2OS2/c1-7-11-21(12-8-2)14-10-9-13-20(6)16-15(19(3,4)5)17(22)18(16)23;1-14(2,3)10-11(13(19)12(10)18)16(5)7-9-17-8-6-15-4;1-13(2,3)9-10(12(18)11(9)17)15(4)6-8-16-7-5-14;1-13(2,3)9-10(12(18)11(9)17)15-6-8-16-7-5-14-4;1-12(2,3)8-9(11(17)10(8)16)14-5-7-15-6-4-13/h7-14H2,1-6H3;15H,6-9H2,1-5H3;5-8,14H2,1-4H3;14-15H,5-8H2,1-4H3;14H,4-7,13H2,1-3H3. The maximum atomic E-state index is 5.54. The number of rotatable bonds is 36. The normalized spacial score (nSPS) is 12.1. The van der Waals surface area contributed by atoms with E-state index in [0.717, 1.165) is 132 Å². The summed E-state index contributed by atoms with van der Waals surface area (Å²) < 4.78 is 30.1. The van der Waals surface area contributed by atoms with Crippen LogP contribution in [0.5, 0.6) is 0 Å². The lowest BCUT2D eigenvalue weighted by molar-refractivity contribution is 0.144. The van der Waals surface area contributed by atoms with E-state index in [-0.39, 0.29) is 27.1 Å². The predicted octanol–water partition coefficient (Wildman–Crippen LogP) is 17.1. The van der Waals surface area contributed by atoms with Gasteiger partial charge in [0.15, 0.2) is 0 Å². The van der Waals surface area contributed by atoms with Crippen molar-refractivity contribution in [2.75, 3.05) is 192 Å².